The summed E-state index contributed by atoms with van der Waals surface area (Å²) in [6.45, 7) is 2.49. The van der Waals surface area contributed by atoms with Crippen LogP contribution in [-0.4, -0.2) is 60.4 Å². The Morgan fingerprint density at radius 1 is 1.10 bits per heavy atom. The summed E-state index contributed by atoms with van der Waals surface area (Å²) in [5.41, 5.74) is 2.27. The number of halogens is 1. The summed E-state index contributed by atoms with van der Waals surface area (Å²) in [5.74, 6) is -0.228. The van der Waals surface area contributed by atoms with Gasteiger partial charge in [0.25, 0.3) is 5.56 Å². The summed E-state index contributed by atoms with van der Waals surface area (Å²) in [6.07, 6.45) is 6.34. The molecule has 10 nitrogen and oxygen atoms in total. The number of hydrogen-bond acceptors (Lipinski definition) is 6. The quantitative estimate of drug-likeness (QED) is 0.382. The van der Waals surface area contributed by atoms with Crippen LogP contribution in [-0.2, 0) is 16.0 Å². The highest BCUT2D eigenvalue weighted by molar-refractivity contribution is 6.31. The van der Waals surface area contributed by atoms with Crippen LogP contribution in [0.15, 0.2) is 78.1 Å². The summed E-state index contributed by atoms with van der Waals surface area (Å²) in [6, 6.07) is 15.5. The van der Waals surface area contributed by atoms with Crippen LogP contribution >= 0.6 is 11.6 Å². The number of likely N-dealkylation sites (tertiary alicyclic amines) is 1. The van der Waals surface area contributed by atoms with E-state index in [-0.39, 0.29) is 23.4 Å². The molecule has 1 aliphatic rings. The molecule has 5 rings (SSSR count). The first kappa shape index (κ1) is 26.3. The molecule has 1 N–H and O–H groups in total. The second-order valence-electron chi connectivity index (χ2n) is 9.53. The molecule has 4 aromatic rings. The molecule has 1 fully saturated rings. The highest BCUT2D eigenvalue weighted by Crippen LogP contribution is 2.28. The molecule has 1 saturated heterocycles. The monoisotopic (exact) mass is 545 g/mol. The maximum atomic E-state index is 13.8. The number of benzene rings is 2. The van der Waals surface area contributed by atoms with Gasteiger partial charge in [0.2, 0.25) is 11.8 Å². The molecule has 2 aromatic heterocycles. The van der Waals surface area contributed by atoms with E-state index >= 15 is 0 Å². The number of aromatic nitrogens is 5. The third-order valence-electron chi connectivity index (χ3n) is 6.85. The lowest BCUT2D eigenvalue weighted by atomic mass is 10.0. The third kappa shape index (κ3) is 6.06. The molecular formula is C28H28ClN7O3. The number of rotatable bonds is 7. The molecule has 0 radical (unpaired) electrons. The van der Waals surface area contributed by atoms with E-state index in [1.807, 2.05) is 30.3 Å². The molecule has 39 heavy (non-hydrogen) atoms. The van der Waals surface area contributed by atoms with Crippen molar-refractivity contribution in [2.24, 2.45) is 0 Å². The van der Waals surface area contributed by atoms with Crippen LogP contribution in [0.25, 0.3) is 16.9 Å². The minimum absolute atomic E-state index is 0.0414. The molecule has 11 heteroatoms. The zero-order valence-corrected chi connectivity index (χ0v) is 22.2. The molecular weight excluding hydrogens is 518 g/mol. The summed E-state index contributed by atoms with van der Waals surface area (Å²) < 4.78 is 2.98. The Balaban J connectivity index is 1.47. The van der Waals surface area contributed by atoms with Gasteiger partial charge in [-0.2, -0.15) is 0 Å². The zero-order valence-electron chi connectivity index (χ0n) is 21.4. The molecule has 3 heterocycles. The van der Waals surface area contributed by atoms with E-state index in [4.69, 9.17) is 11.6 Å². The summed E-state index contributed by atoms with van der Waals surface area (Å²) in [7, 11) is 0. The predicted octanol–water partition coefficient (Wildman–Crippen LogP) is 3.06. The van der Waals surface area contributed by atoms with Crippen molar-refractivity contribution in [3.05, 3.63) is 94.3 Å². The summed E-state index contributed by atoms with van der Waals surface area (Å²) in [5, 5.41) is 11.3. The molecule has 0 bridgehead atoms. The highest BCUT2D eigenvalue weighted by Gasteiger charge is 2.30. The van der Waals surface area contributed by atoms with Crippen molar-refractivity contribution >= 4 is 23.4 Å². The van der Waals surface area contributed by atoms with Crippen LogP contribution in [0.5, 0.6) is 0 Å². The van der Waals surface area contributed by atoms with Crippen molar-refractivity contribution in [2.75, 3.05) is 13.1 Å². The Bertz CT molecular complexity index is 1510. The van der Waals surface area contributed by atoms with E-state index in [1.54, 1.807) is 40.2 Å². The average Bonchev–Trinajstić information content (AvgIpc) is 3.47. The molecule has 0 saturated carbocycles. The Hall–Kier alpha value is -4.31. The lowest BCUT2D eigenvalue weighted by Gasteiger charge is -2.34. The van der Waals surface area contributed by atoms with Gasteiger partial charge in [-0.1, -0.05) is 47.1 Å². The Labute approximate surface area is 230 Å². The first-order valence-corrected chi connectivity index (χ1v) is 13.1. The second-order valence-corrected chi connectivity index (χ2v) is 9.97. The van der Waals surface area contributed by atoms with E-state index in [1.165, 1.54) is 23.9 Å². The van der Waals surface area contributed by atoms with E-state index in [2.05, 4.69) is 20.6 Å². The number of nitrogens with zero attached hydrogens (tertiary/aromatic N) is 6. The Kier molecular flexibility index (Phi) is 7.83. The normalized spacial score (nSPS) is 14.7. The molecule has 0 aliphatic carbocycles. The van der Waals surface area contributed by atoms with Crippen molar-refractivity contribution in [3.8, 4) is 16.9 Å². The molecule has 0 spiro atoms. The topological polar surface area (TPSA) is 115 Å². The van der Waals surface area contributed by atoms with Gasteiger partial charge in [-0.25, -0.2) is 9.67 Å². The number of carbonyl (C=O) groups excluding carboxylic acids is 2. The van der Waals surface area contributed by atoms with E-state index in [9.17, 15) is 14.4 Å². The van der Waals surface area contributed by atoms with E-state index in [0.717, 1.165) is 5.56 Å². The van der Waals surface area contributed by atoms with E-state index < -0.39 is 6.04 Å². The van der Waals surface area contributed by atoms with Crippen LogP contribution in [0.3, 0.4) is 0 Å². The standard InChI is InChI=1S/C28H28ClN7O3/c1-19(37)32-22-9-12-34(13-10-22)28(39)26(15-20-5-3-2-4-6-20)35-18-30-24(17-27(35)38)23-16-21(29)7-8-25(23)36-14-11-31-33-36/h2-8,11,14,16-18,22,26H,9-10,12-13,15H2,1H3,(H,32,37)/t26-/m0/s1. The number of nitrogens with one attached hydrogen (secondary N) is 1. The maximum Gasteiger partial charge on any atom is 0.254 e. The van der Waals surface area contributed by atoms with Crippen molar-refractivity contribution in [3.63, 3.8) is 0 Å². The third-order valence-corrected chi connectivity index (χ3v) is 7.08. The van der Waals surface area contributed by atoms with Gasteiger partial charge in [-0.05, 0) is 36.6 Å². The van der Waals surface area contributed by atoms with Gasteiger partial charge in [-0.15, -0.1) is 5.10 Å². The van der Waals surface area contributed by atoms with Crippen LogP contribution in [0.1, 0.15) is 31.4 Å². The second kappa shape index (κ2) is 11.6. The van der Waals surface area contributed by atoms with Gasteiger partial charge in [0, 0.05) is 49.1 Å². The Morgan fingerprint density at radius 2 is 1.87 bits per heavy atom. The van der Waals surface area contributed by atoms with Gasteiger partial charge >= 0.3 is 0 Å². The number of hydrogen-bond donors (Lipinski definition) is 1. The SMILES string of the molecule is CC(=O)NC1CCN(C(=O)[C@H](Cc2ccccc2)n2cnc(-c3cc(Cl)ccc3-n3ccnn3)cc2=O)CC1. The van der Waals surface area contributed by atoms with Crippen LogP contribution in [0.4, 0.5) is 0 Å². The Morgan fingerprint density at radius 3 is 2.54 bits per heavy atom. The first-order chi connectivity index (χ1) is 18.9. The largest absolute Gasteiger partial charge is 0.353 e. The van der Waals surface area contributed by atoms with Crippen molar-refractivity contribution in [1.82, 2.24) is 34.8 Å². The van der Waals surface area contributed by atoms with E-state index in [0.29, 0.717) is 54.3 Å². The van der Waals surface area contributed by atoms with Gasteiger partial charge in [-0.3, -0.25) is 19.0 Å². The fourth-order valence-corrected chi connectivity index (χ4v) is 5.10. The minimum Gasteiger partial charge on any atom is -0.353 e. The number of amides is 2. The van der Waals surface area contributed by atoms with Gasteiger partial charge in [0.05, 0.1) is 30.1 Å². The summed E-state index contributed by atoms with van der Waals surface area (Å²) in [4.78, 5) is 45.1. The lowest BCUT2D eigenvalue weighted by molar-refractivity contribution is -0.136. The van der Waals surface area contributed by atoms with Gasteiger partial charge in [0.1, 0.15) is 6.04 Å². The average molecular weight is 546 g/mol. The minimum atomic E-state index is -0.770. The molecule has 1 aliphatic heterocycles. The fourth-order valence-electron chi connectivity index (χ4n) is 4.93. The van der Waals surface area contributed by atoms with Gasteiger partial charge in [0.15, 0.2) is 0 Å². The molecule has 1 atom stereocenters. The van der Waals surface area contributed by atoms with Crippen LogP contribution in [0, 0.1) is 0 Å². The zero-order chi connectivity index (χ0) is 27.4. The molecule has 2 aromatic carbocycles. The summed E-state index contributed by atoms with van der Waals surface area (Å²) >= 11 is 6.28. The van der Waals surface area contributed by atoms with Crippen LogP contribution < -0.4 is 10.9 Å². The van der Waals surface area contributed by atoms with Crippen LogP contribution in [0.2, 0.25) is 5.02 Å². The van der Waals surface area contributed by atoms with Crippen molar-refractivity contribution < 1.29 is 9.59 Å². The maximum absolute atomic E-state index is 13.8. The molecule has 200 valence electrons. The predicted molar refractivity (Wildman–Crippen MR) is 146 cm³/mol. The molecule has 0 unspecified atom stereocenters. The lowest BCUT2D eigenvalue weighted by Crippen LogP contribution is -2.49. The number of piperidine rings is 1. The van der Waals surface area contributed by atoms with Gasteiger partial charge < -0.3 is 10.2 Å². The van der Waals surface area contributed by atoms with Crippen molar-refractivity contribution in [2.45, 2.75) is 38.3 Å². The highest BCUT2D eigenvalue weighted by atomic mass is 35.5. The number of carbonyl (C=O) groups is 2. The fraction of sp³-hybridized carbons (Fsp3) is 0.286. The van der Waals surface area contributed by atoms with Crippen molar-refractivity contribution in [1.29, 1.82) is 0 Å². The molecule has 2 amide bonds. The smallest absolute Gasteiger partial charge is 0.254 e. The first-order valence-electron chi connectivity index (χ1n) is 12.7.